The van der Waals surface area contributed by atoms with Gasteiger partial charge in [-0.15, -0.1) is 0 Å². The number of likely N-dealkylation sites (N-methyl/N-ethyl adjacent to an activating group) is 1. The Morgan fingerprint density at radius 3 is 2.88 bits per heavy atom. The third-order valence-electron chi connectivity index (χ3n) is 3.05. The molecule has 0 aromatic carbocycles. The van der Waals surface area contributed by atoms with Gasteiger partial charge >= 0.3 is 0 Å². The molecular formula is C12H15N3O2. The van der Waals surface area contributed by atoms with E-state index in [1.807, 2.05) is 0 Å². The number of carbonyl (C=O) groups is 2. The van der Waals surface area contributed by atoms with Crippen LogP contribution < -0.4 is 0 Å². The Bertz CT molecular complexity index is 433. The zero-order chi connectivity index (χ0) is 12.4. The molecule has 2 amide bonds. The van der Waals surface area contributed by atoms with Gasteiger partial charge in [0.25, 0.3) is 5.91 Å². The molecule has 0 saturated carbocycles. The van der Waals surface area contributed by atoms with E-state index in [9.17, 15) is 9.59 Å². The van der Waals surface area contributed by atoms with Gasteiger partial charge in [-0.05, 0) is 19.1 Å². The van der Waals surface area contributed by atoms with E-state index in [2.05, 4.69) is 4.98 Å². The summed E-state index contributed by atoms with van der Waals surface area (Å²) in [4.78, 5) is 31.1. The summed E-state index contributed by atoms with van der Waals surface area (Å²) in [6.07, 6.45) is 3.15. The highest BCUT2D eigenvalue weighted by molar-refractivity contribution is 5.97. The molecule has 2 rings (SSSR count). The minimum absolute atomic E-state index is 0.0199. The molecule has 1 aliphatic rings. The zero-order valence-corrected chi connectivity index (χ0v) is 9.96. The Labute approximate surface area is 100 Å². The van der Waals surface area contributed by atoms with Crippen LogP contribution >= 0.6 is 0 Å². The molecule has 17 heavy (non-hydrogen) atoms. The molecule has 1 aliphatic heterocycles. The summed E-state index contributed by atoms with van der Waals surface area (Å²) in [7, 11) is 1.75. The second-order valence-corrected chi connectivity index (χ2v) is 4.18. The van der Waals surface area contributed by atoms with E-state index in [0.29, 0.717) is 18.7 Å². The van der Waals surface area contributed by atoms with Crippen molar-refractivity contribution in [3.8, 4) is 0 Å². The number of aromatic nitrogens is 1. The maximum absolute atomic E-state index is 12.2. The predicted octanol–water partition coefficient (Wildman–Crippen LogP) is 0.384. The van der Waals surface area contributed by atoms with Crippen molar-refractivity contribution >= 4 is 11.8 Å². The number of nitrogens with zero attached hydrogens (tertiary/aromatic N) is 3. The quantitative estimate of drug-likeness (QED) is 0.705. The maximum atomic E-state index is 12.2. The number of hydrogen-bond donors (Lipinski definition) is 0. The van der Waals surface area contributed by atoms with E-state index >= 15 is 0 Å². The Morgan fingerprint density at radius 2 is 2.24 bits per heavy atom. The molecule has 0 aliphatic carbocycles. The lowest BCUT2D eigenvalue weighted by Gasteiger charge is -2.37. The topological polar surface area (TPSA) is 53.5 Å². The van der Waals surface area contributed by atoms with Gasteiger partial charge in [0.05, 0.1) is 5.56 Å². The van der Waals surface area contributed by atoms with Crippen molar-refractivity contribution < 1.29 is 9.59 Å². The van der Waals surface area contributed by atoms with E-state index in [-0.39, 0.29) is 11.8 Å². The Kier molecular flexibility index (Phi) is 3.08. The van der Waals surface area contributed by atoms with Crippen LogP contribution in [0.25, 0.3) is 0 Å². The first-order valence-corrected chi connectivity index (χ1v) is 5.57. The molecule has 0 radical (unpaired) electrons. The van der Waals surface area contributed by atoms with Crippen LogP contribution in [0.2, 0.25) is 0 Å². The summed E-state index contributed by atoms with van der Waals surface area (Å²) in [5.74, 6) is -0.152. The van der Waals surface area contributed by atoms with Gasteiger partial charge in [-0.2, -0.15) is 0 Å². The zero-order valence-electron chi connectivity index (χ0n) is 9.96. The van der Waals surface area contributed by atoms with E-state index in [4.69, 9.17) is 0 Å². The van der Waals surface area contributed by atoms with Gasteiger partial charge in [0.15, 0.2) is 0 Å². The first-order valence-electron chi connectivity index (χ1n) is 5.57. The summed E-state index contributed by atoms with van der Waals surface area (Å²) in [6, 6.07) is 3.03. The van der Waals surface area contributed by atoms with Crippen LogP contribution in [-0.2, 0) is 4.79 Å². The van der Waals surface area contributed by atoms with Gasteiger partial charge < -0.3 is 9.80 Å². The SMILES string of the molecule is CC1C(=O)N(C)CCN1C(=O)c1cccnc1. The Morgan fingerprint density at radius 1 is 1.47 bits per heavy atom. The molecule has 90 valence electrons. The fourth-order valence-electron chi connectivity index (χ4n) is 1.95. The van der Waals surface area contributed by atoms with Crippen LogP contribution in [0, 0.1) is 0 Å². The van der Waals surface area contributed by atoms with Crippen molar-refractivity contribution in [1.29, 1.82) is 0 Å². The molecule has 0 spiro atoms. The van der Waals surface area contributed by atoms with E-state index < -0.39 is 6.04 Å². The van der Waals surface area contributed by atoms with E-state index in [1.165, 1.54) is 6.20 Å². The van der Waals surface area contributed by atoms with Crippen LogP contribution in [0.15, 0.2) is 24.5 Å². The van der Waals surface area contributed by atoms with Crippen LogP contribution in [0.1, 0.15) is 17.3 Å². The summed E-state index contributed by atoms with van der Waals surface area (Å²) in [5.41, 5.74) is 0.525. The highest BCUT2D eigenvalue weighted by Crippen LogP contribution is 2.13. The van der Waals surface area contributed by atoms with Crippen LogP contribution in [0.3, 0.4) is 0 Å². The molecule has 1 unspecified atom stereocenters. The standard InChI is InChI=1S/C12H15N3O2/c1-9-11(16)14(2)6-7-15(9)12(17)10-4-3-5-13-8-10/h3-5,8-9H,6-7H2,1-2H3. The van der Waals surface area contributed by atoms with Crippen molar-refractivity contribution in [3.05, 3.63) is 30.1 Å². The number of hydrogen-bond acceptors (Lipinski definition) is 3. The molecule has 1 fully saturated rings. The summed E-state index contributed by atoms with van der Waals surface area (Å²) >= 11 is 0. The molecule has 0 bridgehead atoms. The second kappa shape index (κ2) is 4.53. The van der Waals surface area contributed by atoms with E-state index in [0.717, 1.165) is 0 Å². The highest BCUT2D eigenvalue weighted by atomic mass is 16.2. The average Bonchev–Trinajstić information content (AvgIpc) is 2.36. The molecule has 1 atom stereocenters. The fraction of sp³-hybridized carbons (Fsp3) is 0.417. The maximum Gasteiger partial charge on any atom is 0.256 e. The Hall–Kier alpha value is -1.91. The van der Waals surface area contributed by atoms with Gasteiger partial charge in [0, 0.05) is 32.5 Å². The largest absolute Gasteiger partial charge is 0.342 e. The fourth-order valence-corrected chi connectivity index (χ4v) is 1.95. The number of rotatable bonds is 1. The molecule has 5 nitrogen and oxygen atoms in total. The first-order chi connectivity index (χ1) is 8.11. The third-order valence-corrected chi connectivity index (χ3v) is 3.05. The summed E-state index contributed by atoms with van der Waals surface area (Å²) in [5, 5.41) is 0. The molecule has 5 heteroatoms. The minimum Gasteiger partial charge on any atom is -0.342 e. The minimum atomic E-state index is -0.401. The average molecular weight is 233 g/mol. The van der Waals surface area contributed by atoms with Crippen molar-refractivity contribution in [1.82, 2.24) is 14.8 Å². The lowest BCUT2D eigenvalue weighted by atomic mass is 10.1. The van der Waals surface area contributed by atoms with Gasteiger partial charge in [0.1, 0.15) is 6.04 Å². The number of amides is 2. The first kappa shape index (κ1) is 11.6. The normalized spacial score (nSPS) is 20.6. The van der Waals surface area contributed by atoms with Crippen molar-refractivity contribution in [2.75, 3.05) is 20.1 Å². The summed E-state index contributed by atoms with van der Waals surface area (Å²) in [6.45, 7) is 2.90. The van der Waals surface area contributed by atoms with E-state index in [1.54, 1.807) is 42.1 Å². The highest BCUT2D eigenvalue weighted by Gasteiger charge is 2.32. The van der Waals surface area contributed by atoms with Crippen LogP contribution in [0.4, 0.5) is 0 Å². The lowest BCUT2D eigenvalue weighted by molar-refractivity contribution is -0.137. The van der Waals surface area contributed by atoms with Crippen LogP contribution in [-0.4, -0.2) is 52.8 Å². The van der Waals surface area contributed by atoms with Gasteiger partial charge in [-0.25, -0.2) is 0 Å². The number of carbonyl (C=O) groups excluding carboxylic acids is 2. The molecular weight excluding hydrogens is 218 g/mol. The summed E-state index contributed by atoms with van der Waals surface area (Å²) < 4.78 is 0. The van der Waals surface area contributed by atoms with Gasteiger partial charge in [-0.1, -0.05) is 0 Å². The Balaban J connectivity index is 2.18. The van der Waals surface area contributed by atoms with Crippen molar-refractivity contribution in [2.45, 2.75) is 13.0 Å². The van der Waals surface area contributed by atoms with Gasteiger partial charge in [0.2, 0.25) is 5.91 Å². The molecule has 0 N–H and O–H groups in total. The number of piperazine rings is 1. The smallest absolute Gasteiger partial charge is 0.256 e. The molecule has 1 aromatic rings. The lowest BCUT2D eigenvalue weighted by Crippen LogP contribution is -2.56. The number of pyridine rings is 1. The van der Waals surface area contributed by atoms with Crippen molar-refractivity contribution in [2.24, 2.45) is 0 Å². The van der Waals surface area contributed by atoms with Gasteiger partial charge in [-0.3, -0.25) is 14.6 Å². The van der Waals surface area contributed by atoms with Crippen LogP contribution in [0.5, 0.6) is 0 Å². The van der Waals surface area contributed by atoms with Crippen molar-refractivity contribution in [3.63, 3.8) is 0 Å². The molecule has 1 aromatic heterocycles. The molecule has 1 saturated heterocycles. The predicted molar refractivity (Wildman–Crippen MR) is 62.4 cm³/mol. The monoisotopic (exact) mass is 233 g/mol. The third kappa shape index (κ3) is 2.13. The second-order valence-electron chi connectivity index (χ2n) is 4.18. The molecule has 2 heterocycles.